The molecule has 3 aromatic rings. The van der Waals surface area contributed by atoms with Crippen LogP contribution >= 0.6 is 0 Å². The molecule has 0 saturated heterocycles. The topological polar surface area (TPSA) is 9.23 Å². The van der Waals surface area contributed by atoms with Gasteiger partial charge in [0.2, 0.25) is 0 Å². The third-order valence-corrected chi connectivity index (χ3v) is 19.2. The van der Waals surface area contributed by atoms with Crippen molar-refractivity contribution >= 4 is 32.0 Å². The molecule has 0 bridgehead atoms. The summed E-state index contributed by atoms with van der Waals surface area (Å²) in [5, 5.41) is 3.98. The highest BCUT2D eigenvalue weighted by atomic mass is 28.4. The van der Waals surface area contributed by atoms with E-state index in [0.29, 0.717) is 6.26 Å². The molecule has 31 heavy (non-hydrogen) atoms. The first-order valence-electron chi connectivity index (χ1n) is 10.9. The van der Waals surface area contributed by atoms with Crippen molar-refractivity contribution in [1.82, 2.24) is 0 Å². The zero-order valence-electron chi connectivity index (χ0n) is 18.4. The van der Waals surface area contributed by atoms with Crippen molar-refractivity contribution in [2.24, 2.45) is 0 Å². The Morgan fingerprint density at radius 3 is 1.39 bits per heavy atom. The van der Waals surface area contributed by atoms with Crippen molar-refractivity contribution < 1.29 is 13.2 Å². The Morgan fingerprint density at radius 1 is 0.742 bits per heavy atom. The molecule has 3 rings (SSSR count). The molecular weight excluding hydrogens is 422 g/mol. The van der Waals surface area contributed by atoms with Crippen molar-refractivity contribution in [3.05, 3.63) is 103 Å². The van der Waals surface area contributed by atoms with E-state index in [1.807, 2.05) is 18.2 Å². The molecule has 1 atom stereocenters. The van der Waals surface area contributed by atoms with Crippen LogP contribution in [0.5, 0.6) is 0 Å². The van der Waals surface area contributed by atoms with Gasteiger partial charge in [-0.3, -0.25) is 0 Å². The van der Waals surface area contributed by atoms with E-state index < -0.39 is 22.5 Å². The van der Waals surface area contributed by atoms with Crippen LogP contribution in [0.4, 0.5) is 8.78 Å². The largest absolute Gasteiger partial charge is 0.545 e. The second kappa shape index (κ2) is 10.2. The smallest absolute Gasteiger partial charge is 0.302 e. The fourth-order valence-electron chi connectivity index (χ4n) is 5.04. The monoisotopic (exact) mass is 452 g/mol. The van der Waals surface area contributed by atoms with Gasteiger partial charge >= 0.3 is 6.08 Å². The predicted molar refractivity (Wildman–Crippen MR) is 132 cm³/mol. The number of hydrogen-bond donors (Lipinski definition) is 0. The molecule has 0 N–H and O–H groups in total. The van der Waals surface area contributed by atoms with Crippen molar-refractivity contribution in [3.8, 4) is 0 Å². The molecule has 0 aliphatic rings. The summed E-state index contributed by atoms with van der Waals surface area (Å²) >= 11 is 0. The van der Waals surface area contributed by atoms with Gasteiger partial charge in [-0.25, -0.2) is 0 Å². The van der Waals surface area contributed by atoms with Crippen LogP contribution < -0.4 is 15.6 Å². The first-order valence-corrected chi connectivity index (χ1v) is 15.3. The SMILES string of the molecule is CC[Si](CC)(OC=C(F)F)C(C)[Si](c1ccccc1)(c1ccccc1)c1ccccc1. The molecule has 0 aromatic heterocycles. The number of hydrogen-bond acceptors (Lipinski definition) is 1. The Labute approximate surface area is 186 Å². The summed E-state index contributed by atoms with van der Waals surface area (Å²) in [5.74, 6) is 0. The average Bonchev–Trinajstić information content (AvgIpc) is 2.83. The van der Waals surface area contributed by atoms with Gasteiger partial charge in [0, 0.05) is 0 Å². The minimum atomic E-state index is -2.61. The van der Waals surface area contributed by atoms with Gasteiger partial charge in [-0.05, 0) is 32.8 Å². The van der Waals surface area contributed by atoms with Crippen LogP contribution in [0.2, 0.25) is 17.3 Å². The molecule has 5 heteroatoms. The van der Waals surface area contributed by atoms with Crippen LogP contribution in [0.25, 0.3) is 0 Å². The molecule has 0 aliphatic carbocycles. The van der Waals surface area contributed by atoms with E-state index in [1.54, 1.807) is 0 Å². The van der Waals surface area contributed by atoms with Gasteiger partial charge in [-0.15, -0.1) is 0 Å². The molecule has 0 aliphatic heterocycles. The van der Waals surface area contributed by atoms with Crippen molar-refractivity contribution in [2.75, 3.05) is 0 Å². The molecule has 1 nitrogen and oxygen atoms in total. The van der Waals surface area contributed by atoms with Gasteiger partial charge in [0.1, 0.15) is 6.26 Å². The van der Waals surface area contributed by atoms with E-state index >= 15 is 0 Å². The predicted octanol–water partition coefficient (Wildman–Crippen LogP) is 5.83. The zero-order chi connectivity index (χ0) is 22.3. The van der Waals surface area contributed by atoms with Gasteiger partial charge in [-0.2, -0.15) is 8.78 Å². The Morgan fingerprint density at radius 2 is 1.10 bits per heavy atom. The maximum Gasteiger partial charge on any atom is 0.302 e. The highest BCUT2D eigenvalue weighted by molar-refractivity contribution is 7.18. The standard InChI is InChI=1S/C26H30F2OSi2/c1-4-30(5-2,29-21-26(27)28)22(3)31(23-15-9-6-10-16-23,24-17-11-7-12-18-24)25-19-13-8-14-20-25/h6-22H,4-5H2,1-3H3. The van der Waals surface area contributed by atoms with Gasteiger partial charge in [0.25, 0.3) is 8.32 Å². The Balaban J connectivity index is 2.38. The summed E-state index contributed by atoms with van der Waals surface area (Å²) in [5.41, 5.74) is 0. The molecule has 0 fully saturated rings. The third-order valence-electron chi connectivity index (χ3n) is 6.71. The number of rotatable bonds is 9. The fraction of sp³-hybridized carbons (Fsp3) is 0.231. The minimum absolute atomic E-state index is 0.123. The first kappa shape index (κ1) is 23.2. The van der Waals surface area contributed by atoms with Crippen molar-refractivity contribution in [2.45, 2.75) is 38.0 Å². The van der Waals surface area contributed by atoms with Gasteiger partial charge in [-0.1, -0.05) is 112 Å². The van der Waals surface area contributed by atoms with Crippen LogP contribution in [0.3, 0.4) is 0 Å². The van der Waals surface area contributed by atoms with Gasteiger partial charge in [0.05, 0.1) is 0 Å². The quantitative estimate of drug-likeness (QED) is 0.226. The summed E-state index contributed by atoms with van der Waals surface area (Å²) in [7, 11) is -5.20. The van der Waals surface area contributed by atoms with Gasteiger partial charge < -0.3 is 4.43 Å². The lowest BCUT2D eigenvalue weighted by Crippen LogP contribution is -2.74. The normalized spacial score (nSPS) is 12.8. The maximum absolute atomic E-state index is 13.1. The lowest BCUT2D eigenvalue weighted by atomic mass is 10.3. The van der Waals surface area contributed by atoms with E-state index in [-0.39, 0.29) is 5.16 Å². The first-order chi connectivity index (χ1) is 15.0. The Hall–Kier alpha value is -2.51. The summed E-state index contributed by atoms with van der Waals surface area (Å²) in [4.78, 5) is 0. The summed E-state index contributed by atoms with van der Waals surface area (Å²) in [6.07, 6.45) is -1.06. The van der Waals surface area contributed by atoms with E-state index in [4.69, 9.17) is 4.43 Å². The fourth-order valence-corrected chi connectivity index (χ4v) is 18.4. The van der Waals surface area contributed by atoms with Crippen LogP contribution in [0, 0.1) is 0 Å². The Kier molecular flexibility index (Phi) is 7.62. The summed E-state index contributed by atoms with van der Waals surface area (Å²) in [6, 6.07) is 33.4. The lowest BCUT2D eigenvalue weighted by Gasteiger charge is -2.46. The second-order valence-corrected chi connectivity index (χ2v) is 17.4. The van der Waals surface area contributed by atoms with Crippen LogP contribution in [0.1, 0.15) is 20.8 Å². The zero-order valence-corrected chi connectivity index (χ0v) is 20.4. The molecule has 1 unspecified atom stereocenters. The summed E-state index contributed by atoms with van der Waals surface area (Å²) in [6.45, 7) is 6.44. The number of benzene rings is 3. The molecule has 3 aromatic carbocycles. The molecule has 0 spiro atoms. The van der Waals surface area contributed by atoms with Crippen LogP contribution in [0.15, 0.2) is 103 Å². The molecule has 0 radical (unpaired) electrons. The molecular formula is C26H30F2OSi2. The highest BCUT2D eigenvalue weighted by Gasteiger charge is 2.55. The van der Waals surface area contributed by atoms with E-state index in [0.717, 1.165) is 12.1 Å². The average molecular weight is 453 g/mol. The molecule has 0 heterocycles. The molecule has 162 valence electrons. The third kappa shape index (κ3) is 4.43. The maximum atomic E-state index is 13.1. The van der Waals surface area contributed by atoms with E-state index in [2.05, 4.69) is 93.6 Å². The van der Waals surface area contributed by atoms with E-state index in [9.17, 15) is 8.78 Å². The van der Waals surface area contributed by atoms with E-state index in [1.165, 1.54) is 15.6 Å². The van der Waals surface area contributed by atoms with Crippen molar-refractivity contribution in [1.29, 1.82) is 0 Å². The highest BCUT2D eigenvalue weighted by Crippen LogP contribution is 2.38. The van der Waals surface area contributed by atoms with Gasteiger partial charge in [0.15, 0.2) is 8.07 Å². The van der Waals surface area contributed by atoms with Crippen LogP contribution in [-0.4, -0.2) is 16.4 Å². The Bertz CT molecular complexity index is 873. The lowest BCUT2D eigenvalue weighted by molar-refractivity contribution is 0.355. The van der Waals surface area contributed by atoms with Crippen LogP contribution in [-0.2, 0) is 4.43 Å². The second-order valence-electron chi connectivity index (χ2n) is 7.93. The number of halogens is 2. The van der Waals surface area contributed by atoms with Crippen molar-refractivity contribution in [3.63, 3.8) is 0 Å². The molecule has 0 saturated carbocycles. The molecule has 0 amide bonds. The summed E-state index contributed by atoms with van der Waals surface area (Å²) < 4.78 is 32.4. The minimum Gasteiger partial charge on any atom is -0.545 e.